The zero-order valence-corrected chi connectivity index (χ0v) is 12.7. The summed E-state index contributed by atoms with van der Waals surface area (Å²) in [7, 11) is 0. The minimum absolute atomic E-state index is 0.137. The van der Waals surface area contributed by atoms with Crippen LogP contribution in [0.25, 0.3) is 0 Å². The summed E-state index contributed by atoms with van der Waals surface area (Å²) in [5.74, 6) is 1.91. The van der Waals surface area contributed by atoms with Gasteiger partial charge < -0.3 is 10.4 Å². The van der Waals surface area contributed by atoms with Gasteiger partial charge in [-0.2, -0.15) is 11.8 Å². The van der Waals surface area contributed by atoms with E-state index in [4.69, 9.17) is 5.11 Å². The van der Waals surface area contributed by atoms with E-state index in [9.17, 15) is 10.1 Å². The fourth-order valence-electron chi connectivity index (χ4n) is 1.30. The van der Waals surface area contributed by atoms with Crippen LogP contribution in [0.2, 0.25) is 0 Å². The lowest BCUT2D eigenvalue weighted by Gasteiger charge is -2.06. The number of rotatable bonds is 8. The predicted octanol–water partition coefficient (Wildman–Crippen LogP) is 2.73. The van der Waals surface area contributed by atoms with Crippen molar-refractivity contribution in [2.24, 2.45) is 0 Å². The molecule has 0 amide bonds. The summed E-state index contributed by atoms with van der Waals surface area (Å²) in [5.41, 5.74) is 1.03. The molecule has 100 valence electrons. The molecule has 0 bridgehead atoms. The molecule has 2 N–H and O–H groups in total. The van der Waals surface area contributed by atoms with Gasteiger partial charge in [-0.05, 0) is 46.9 Å². The minimum atomic E-state index is -0.379. The van der Waals surface area contributed by atoms with Crippen LogP contribution in [0.1, 0.15) is 6.42 Å². The third kappa shape index (κ3) is 5.40. The van der Waals surface area contributed by atoms with E-state index < -0.39 is 0 Å². The summed E-state index contributed by atoms with van der Waals surface area (Å²) in [6.07, 6.45) is 0.820. The van der Waals surface area contributed by atoms with Gasteiger partial charge in [0, 0.05) is 30.7 Å². The van der Waals surface area contributed by atoms with Crippen molar-refractivity contribution in [3.63, 3.8) is 0 Å². The number of hydrogen-bond acceptors (Lipinski definition) is 5. The van der Waals surface area contributed by atoms with Crippen molar-refractivity contribution >= 4 is 45.7 Å². The molecular formula is C11H15IN2O3S. The second-order valence-electron chi connectivity index (χ2n) is 3.54. The number of nitrogens with zero attached hydrogens (tertiary/aromatic N) is 1. The lowest BCUT2D eigenvalue weighted by molar-refractivity contribution is -0.385. The summed E-state index contributed by atoms with van der Waals surface area (Å²) in [6, 6.07) is 5.01. The largest absolute Gasteiger partial charge is 0.396 e. The van der Waals surface area contributed by atoms with E-state index in [0.29, 0.717) is 3.57 Å². The highest BCUT2D eigenvalue weighted by molar-refractivity contribution is 14.1. The van der Waals surface area contributed by atoms with Gasteiger partial charge in [-0.25, -0.2) is 0 Å². The smallest absolute Gasteiger partial charge is 0.282 e. The monoisotopic (exact) mass is 382 g/mol. The second-order valence-corrected chi connectivity index (χ2v) is 5.93. The highest BCUT2D eigenvalue weighted by Crippen LogP contribution is 2.24. The van der Waals surface area contributed by atoms with Crippen molar-refractivity contribution in [2.75, 3.05) is 30.0 Å². The Morgan fingerprint density at radius 2 is 2.22 bits per heavy atom. The molecule has 0 unspecified atom stereocenters. The van der Waals surface area contributed by atoms with E-state index >= 15 is 0 Å². The van der Waals surface area contributed by atoms with E-state index in [1.807, 2.05) is 22.6 Å². The van der Waals surface area contributed by atoms with Crippen LogP contribution in [0.3, 0.4) is 0 Å². The van der Waals surface area contributed by atoms with Crippen LogP contribution in [0.5, 0.6) is 0 Å². The average Bonchev–Trinajstić information content (AvgIpc) is 2.33. The minimum Gasteiger partial charge on any atom is -0.396 e. The second kappa shape index (κ2) is 8.54. The molecule has 0 aromatic heterocycles. The SMILES string of the molecule is O=[N+]([O-])c1ccc(NCCSCCCO)cc1I. The maximum absolute atomic E-state index is 10.7. The fourth-order valence-corrected chi connectivity index (χ4v) is 2.80. The molecule has 0 saturated carbocycles. The standard InChI is InChI=1S/C11H15IN2O3S/c12-10-8-9(2-3-11(10)14(16)17)13-4-7-18-6-1-5-15/h2-3,8,13,15H,1,4-7H2. The van der Waals surface area contributed by atoms with E-state index in [-0.39, 0.29) is 17.2 Å². The lowest BCUT2D eigenvalue weighted by Crippen LogP contribution is -2.05. The Morgan fingerprint density at radius 3 is 2.83 bits per heavy atom. The number of thioether (sulfide) groups is 1. The van der Waals surface area contributed by atoms with Crippen molar-refractivity contribution in [3.8, 4) is 0 Å². The van der Waals surface area contributed by atoms with E-state index in [1.54, 1.807) is 23.9 Å². The number of nitrogens with one attached hydrogen (secondary N) is 1. The Labute approximate surface area is 124 Å². The van der Waals surface area contributed by atoms with Crippen LogP contribution in [0.15, 0.2) is 18.2 Å². The number of anilines is 1. The first-order chi connectivity index (χ1) is 8.65. The number of hydrogen-bond donors (Lipinski definition) is 2. The van der Waals surface area contributed by atoms with Gasteiger partial charge in [0.1, 0.15) is 0 Å². The summed E-state index contributed by atoms with van der Waals surface area (Å²) in [5, 5.41) is 22.5. The molecule has 0 spiro atoms. The maximum Gasteiger partial charge on any atom is 0.282 e. The molecule has 0 radical (unpaired) electrons. The molecule has 0 heterocycles. The Bertz CT molecular complexity index is 404. The van der Waals surface area contributed by atoms with Crippen LogP contribution < -0.4 is 5.32 Å². The Morgan fingerprint density at radius 1 is 1.44 bits per heavy atom. The normalized spacial score (nSPS) is 10.3. The van der Waals surface area contributed by atoms with E-state index in [1.165, 1.54) is 6.07 Å². The number of aliphatic hydroxyl groups is 1. The van der Waals surface area contributed by atoms with Crippen LogP contribution in [-0.4, -0.2) is 34.7 Å². The number of nitro groups is 1. The third-order valence-corrected chi connectivity index (χ3v) is 4.10. The highest BCUT2D eigenvalue weighted by atomic mass is 127. The van der Waals surface area contributed by atoms with Gasteiger partial charge in [0.2, 0.25) is 0 Å². The fraction of sp³-hybridized carbons (Fsp3) is 0.455. The molecular weight excluding hydrogens is 367 g/mol. The highest BCUT2D eigenvalue weighted by Gasteiger charge is 2.10. The zero-order chi connectivity index (χ0) is 13.4. The van der Waals surface area contributed by atoms with Gasteiger partial charge in [0.25, 0.3) is 5.69 Å². The van der Waals surface area contributed by atoms with Gasteiger partial charge in [0.15, 0.2) is 0 Å². The van der Waals surface area contributed by atoms with Crippen LogP contribution in [-0.2, 0) is 0 Å². The molecule has 0 aliphatic carbocycles. The van der Waals surface area contributed by atoms with Gasteiger partial charge in [-0.1, -0.05) is 0 Å². The first kappa shape index (κ1) is 15.5. The number of nitro benzene ring substituents is 1. The number of benzene rings is 1. The molecule has 18 heavy (non-hydrogen) atoms. The maximum atomic E-state index is 10.7. The summed E-state index contributed by atoms with van der Waals surface area (Å²) in [4.78, 5) is 10.3. The lowest BCUT2D eigenvalue weighted by atomic mass is 10.3. The zero-order valence-electron chi connectivity index (χ0n) is 9.76. The van der Waals surface area contributed by atoms with Crippen LogP contribution >= 0.6 is 34.4 Å². The van der Waals surface area contributed by atoms with Crippen LogP contribution in [0, 0.1) is 13.7 Å². The van der Waals surface area contributed by atoms with Crippen molar-refractivity contribution < 1.29 is 10.0 Å². The molecule has 1 aromatic rings. The Hall–Kier alpha value is -0.540. The quantitative estimate of drug-likeness (QED) is 0.313. The first-order valence-corrected chi connectivity index (χ1v) is 7.75. The molecule has 0 aliphatic rings. The Kier molecular flexibility index (Phi) is 7.36. The molecule has 0 fully saturated rings. The van der Waals surface area contributed by atoms with Crippen molar-refractivity contribution in [1.82, 2.24) is 0 Å². The molecule has 0 atom stereocenters. The van der Waals surface area contributed by atoms with E-state index in [0.717, 1.165) is 30.2 Å². The summed E-state index contributed by atoms with van der Waals surface area (Å²) >= 11 is 3.74. The van der Waals surface area contributed by atoms with Gasteiger partial charge >= 0.3 is 0 Å². The first-order valence-electron chi connectivity index (χ1n) is 5.51. The third-order valence-electron chi connectivity index (χ3n) is 2.17. The molecule has 0 saturated heterocycles. The van der Waals surface area contributed by atoms with Gasteiger partial charge in [-0.15, -0.1) is 0 Å². The molecule has 1 aromatic carbocycles. The molecule has 1 rings (SSSR count). The average molecular weight is 382 g/mol. The van der Waals surface area contributed by atoms with Crippen molar-refractivity contribution in [2.45, 2.75) is 6.42 Å². The van der Waals surface area contributed by atoms with E-state index in [2.05, 4.69) is 5.32 Å². The molecule has 0 aliphatic heterocycles. The van der Waals surface area contributed by atoms with Crippen molar-refractivity contribution in [1.29, 1.82) is 0 Å². The molecule has 5 nitrogen and oxygen atoms in total. The Balaban J connectivity index is 2.35. The van der Waals surface area contributed by atoms with Gasteiger partial charge in [0.05, 0.1) is 8.49 Å². The predicted molar refractivity (Wildman–Crippen MR) is 83.3 cm³/mol. The molecule has 7 heteroatoms. The van der Waals surface area contributed by atoms with Crippen LogP contribution in [0.4, 0.5) is 11.4 Å². The van der Waals surface area contributed by atoms with Gasteiger partial charge in [-0.3, -0.25) is 10.1 Å². The van der Waals surface area contributed by atoms with Crippen molar-refractivity contribution in [3.05, 3.63) is 31.9 Å². The number of aliphatic hydroxyl groups excluding tert-OH is 1. The summed E-state index contributed by atoms with van der Waals surface area (Å²) < 4.78 is 0.635. The summed E-state index contributed by atoms with van der Waals surface area (Å²) in [6.45, 7) is 1.05. The number of halogens is 1. The topological polar surface area (TPSA) is 75.4 Å².